The summed E-state index contributed by atoms with van der Waals surface area (Å²) in [5.74, 6) is -1.50. The van der Waals surface area contributed by atoms with Gasteiger partial charge in [-0.25, -0.2) is 17.5 Å². The van der Waals surface area contributed by atoms with Crippen molar-refractivity contribution in [1.29, 1.82) is 0 Å². The Labute approximate surface area is 292 Å². The zero-order chi connectivity index (χ0) is 36.5. The standard InChI is InChI=1S/C37H45FN2O9S/c1-25(43)48-35(30-10-14-32(38)15-11-30)17-13-31-21-33(16-12-28(31)5-4-20-39-50(3,46)47)40-34(22-36(40)45)29-8-6-27(7-9-29)18-19-37(23-41,24-42)49-26(2)44/h6-12,14-16,21,34-35,39,41-42H,4-5,13,17-20,22-24H2,1-3H3/t34?,35-/m0/s1. The largest absolute Gasteiger partial charge is 0.458 e. The number of anilines is 1. The molecule has 50 heavy (non-hydrogen) atoms. The van der Waals surface area contributed by atoms with E-state index < -0.39 is 52.7 Å². The van der Waals surface area contributed by atoms with Gasteiger partial charge in [-0.1, -0.05) is 42.5 Å². The average molecular weight is 713 g/mol. The number of aliphatic hydroxyl groups is 2. The molecule has 0 saturated carbocycles. The molecule has 3 aromatic carbocycles. The molecule has 1 aliphatic heterocycles. The van der Waals surface area contributed by atoms with E-state index in [1.54, 1.807) is 17.0 Å². The van der Waals surface area contributed by atoms with Crippen LogP contribution in [0.2, 0.25) is 0 Å². The Bertz CT molecular complexity index is 1740. The van der Waals surface area contributed by atoms with Crippen molar-refractivity contribution in [3.63, 3.8) is 0 Å². The van der Waals surface area contributed by atoms with E-state index in [1.165, 1.54) is 26.0 Å². The maximum Gasteiger partial charge on any atom is 0.303 e. The molecule has 0 aromatic heterocycles. The first kappa shape index (κ1) is 38.6. The summed E-state index contributed by atoms with van der Waals surface area (Å²) in [4.78, 5) is 38.2. The molecule has 1 saturated heterocycles. The predicted octanol–water partition coefficient (Wildman–Crippen LogP) is 4.24. The number of esters is 2. The van der Waals surface area contributed by atoms with E-state index in [0.29, 0.717) is 49.8 Å². The zero-order valence-electron chi connectivity index (χ0n) is 28.6. The van der Waals surface area contributed by atoms with Crippen LogP contribution in [0, 0.1) is 5.82 Å². The summed E-state index contributed by atoms with van der Waals surface area (Å²) >= 11 is 0. The van der Waals surface area contributed by atoms with Gasteiger partial charge in [0, 0.05) is 26.1 Å². The lowest BCUT2D eigenvalue weighted by atomic mass is 9.89. The summed E-state index contributed by atoms with van der Waals surface area (Å²) in [5.41, 5.74) is 3.70. The van der Waals surface area contributed by atoms with Crippen LogP contribution in [0.4, 0.5) is 10.1 Å². The van der Waals surface area contributed by atoms with Crippen molar-refractivity contribution < 1.29 is 46.9 Å². The molecule has 3 aromatic rings. The molecule has 0 spiro atoms. The maximum atomic E-state index is 13.6. The lowest BCUT2D eigenvalue weighted by Crippen LogP contribution is -2.46. The van der Waals surface area contributed by atoms with Crippen LogP contribution in [0.3, 0.4) is 0 Å². The van der Waals surface area contributed by atoms with Crippen molar-refractivity contribution in [2.75, 3.05) is 30.9 Å². The molecule has 2 atom stereocenters. The molecule has 0 bridgehead atoms. The summed E-state index contributed by atoms with van der Waals surface area (Å²) < 4.78 is 50.1. The summed E-state index contributed by atoms with van der Waals surface area (Å²) in [6, 6.07) is 19.0. The highest BCUT2D eigenvalue weighted by Gasteiger charge is 2.38. The van der Waals surface area contributed by atoms with Gasteiger partial charge in [-0.3, -0.25) is 14.4 Å². The fourth-order valence-electron chi connectivity index (χ4n) is 6.15. The molecule has 1 unspecified atom stereocenters. The van der Waals surface area contributed by atoms with E-state index in [0.717, 1.165) is 28.5 Å². The molecule has 4 rings (SSSR count). The van der Waals surface area contributed by atoms with Crippen LogP contribution in [0.25, 0.3) is 0 Å². The van der Waals surface area contributed by atoms with Gasteiger partial charge < -0.3 is 24.6 Å². The van der Waals surface area contributed by atoms with Crippen LogP contribution in [-0.2, 0) is 53.1 Å². The molecular formula is C37H45FN2O9S. The number of ether oxygens (including phenoxy) is 2. The van der Waals surface area contributed by atoms with Gasteiger partial charge in [-0.15, -0.1) is 0 Å². The van der Waals surface area contributed by atoms with Gasteiger partial charge >= 0.3 is 11.9 Å². The van der Waals surface area contributed by atoms with Gasteiger partial charge in [0.05, 0.1) is 31.9 Å². The number of nitrogens with one attached hydrogen (secondary N) is 1. The Hall–Kier alpha value is -4.17. The molecule has 0 radical (unpaired) electrons. The number of hydrogen-bond donors (Lipinski definition) is 3. The van der Waals surface area contributed by atoms with Crippen LogP contribution in [0.15, 0.2) is 66.7 Å². The number of carbonyl (C=O) groups is 3. The summed E-state index contributed by atoms with van der Waals surface area (Å²) in [5, 5.41) is 19.5. The monoisotopic (exact) mass is 712 g/mol. The van der Waals surface area contributed by atoms with E-state index in [4.69, 9.17) is 9.47 Å². The Balaban J connectivity index is 1.54. The quantitative estimate of drug-likeness (QED) is 0.0997. The first-order chi connectivity index (χ1) is 23.7. The van der Waals surface area contributed by atoms with Gasteiger partial charge in [0.15, 0.2) is 5.60 Å². The summed E-state index contributed by atoms with van der Waals surface area (Å²) in [6.07, 6.45) is 3.45. The fraction of sp³-hybridized carbons (Fsp3) is 0.432. The first-order valence-electron chi connectivity index (χ1n) is 16.5. The molecule has 1 fully saturated rings. The van der Waals surface area contributed by atoms with Gasteiger partial charge in [-0.05, 0) is 90.6 Å². The van der Waals surface area contributed by atoms with Crippen LogP contribution in [0.5, 0.6) is 0 Å². The third-order valence-electron chi connectivity index (χ3n) is 8.80. The number of β-lactam (4-membered cyclic amide) rings is 1. The highest BCUT2D eigenvalue weighted by Crippen LogP contribution is 2.40. The number of amides is 1. The second-order valence-corrected chi connectivity index (χ2v) is 14.6. The second kappa shape index (κ2) is 17.2. The molecule has 13 heteroatoms. The van der Waals surface area contributed by atoms with E-state index >= 15 is 0 Å². The van der Waals surface area contributed by atoms with Crippen molar-refractivity contribution in [2.24, 2.45) is 0 Å². The van der Waals surface area contributed by atoms with Crippen LogP contribution in [-0.4, -0.2) is 68.1 Å². The zero-order valence-corrected chi connectivity index (χ0v) is 29.4. The van der Waals surface area contributed by atoms with E-state index in [1.807, 2.05) is 42.5 Å². The molecule has 1 aliphatic rings. The minimum atomic E-state index is -3.33. The number of halogens is 1. The third kappa shape index (κ3) is 10.7. The number of nitrogens with zero attached hydrogens (tertiary/aromatic N) is 1. The SMILES string of the molecule is CC(=O)O[C@@H](CCc1cc(N2C(=O)CC2c2ccc(CCC(CO)(CO)OC(C)=O)cc2)ccc1CCCNS(C)(=O)=O)c1ccc(F)cc1. The number of benzene rings is 3. The van der Waals surface area contributed by atoms with Crippen molar-refractivity contribution in [1.82, 2.24) is 4.72 Å². The fourth-order valence-corrected chi connectivity index (χ4v) is 6.66. The van der Waals surface area contributed by atoms with E-state index in [-0.39, 0.29) is 24.9 Å². The first-order valence-corrected chi connectivity index (χ1v) is 18.4. The van der Waals surface area contributed by atoms with Crippen molar-refractivity contribution in [2.45, 2.75) is 76.5 Å². The lowest BCUT2D eigenvalue weighted by Gasteiger charge is -2.41. The average Bonchev–Trinajstić information content (AvgIpc) is 3.06. The molecule has 1 amide bonds. The molecule has 3 N–H and O–H groups in total. The van der Waals surface area contributed by atoms with E-state index in [9.17, 15) is 37.4 Å². The third-order valence-corrected chi connectivity index (χ3v) is 9.53. The molecule has 0 aliphatic carbocycles. The minimum absolute atomic E-state index is 0.0451. The maximum absolute atomic E-state index is 13.6. The van der Waals surface area contributed by atoms with Crippen molar-refractivity contribution >= 4 is 33.6 Å². The highest BCUT2D eigenvalue weighted by atomic mass is 32.2. The summed E-state index contributed by atoms with van der Waals surface area (Å²) in [6.45, 7) is 1.80. The normalized spacial score (nSPS) is 15.4. The molecule has 11 nitrogen and oxygen atoms in total. The second-order valence-electron chi connectivity index (χ2n) is 12.7. The Morgan fingerprint density at radius 2 is 1.64 bits per heavy atom. The van der Waals surface area contributed by atoms with Crippen molar-refractivity contribution in [3.8, 4) is 0 Å². The van der Waals surface area contributed by atoms with Gasteiger partial charge in [-0.2, -0.15) is 0 Å². The molecular weight excluding hydrogens is 667 g/mol. The number of aliphatic hydroxyl groups excluding tert-OH is 2. The number of hydrogen-bond acceptors (Lipinski definition) is 9. The number of sulfonamides is 1. The van der Waals surface area contributed by atoms with Crippen molar-refractivity contribution in [3.05, 3.63) is 100 Å². The molecule has 270 valence electrons. The Kier molecular flexibility index (Phi) is 13.3. The van der Waals surface area contributed by atoms with Crippen LogP contribution in [0.1, 0.15) is 79.5 Å². The Morgan fingerprint density at radius 1 is 0.960 bits per heavy atom. The number of rotatable bonds is 18. The smallest absolute Gasteiger partial charge is 0.303 e. The van der Waals surface area contributed by atoms with E-state index in [2.05, 4.69) is 4.72 Å². The highest BCUT2D eigenvalue weighted by molar-refractivity contribution is 7.88. The Morgan fingerprint density at radius 3 is 2.22 bits per heavy atom. The molecule has 1 heterocycles. The summed E-state index contributed by atoms with van der Waals surface area (Å²) in [7, 11) is -3.33. The minimum Gasteiger partial charge on any atom is -0.458 e. The number of carbonyl (C=O) groups excluding carboxylic acids is 3. The van der Waals surface area contributed by atoms with Gasteiger partial charge in [0.1, 0.15) is 11.9 Å². The van der Waals surface area contributed by atoms with Crippen LogP contribution < -0.4 is 9.62 Å². The van der Waals surface area contributed by atoms with Gasteiger partial charge in [0.25, 0.3) is 0 Å². The van der Waals surface area contributed by atoms with Gasteiger partial charge in [0.2, 0.25) is 15.9 Å². The number of aryl methyl sites for hydroxylation is 3. The topological polar surface area (TPSA) is 160 Å². The predicted molar refractivity (Wildman–Crippen MR) is 185 cm³/mol. The lowest BCUT2D eigenvalue weighted by molar-refractivity contribution is -0.168. The van der Waals surface area contributed by atoms with Crippen LogP contribution >= 0.6 is 0 Å².